The molecule has 0 unspecified atom stereocenters. The minimum atomic E-state index is -0.0285. The van der Waals surface area contributed by atoms with E-state index in [0.717, 1.165) is 45.3 Å². The number of hydrogen-bond donors (Lipinski definition) is 0. The second kappa shape index (κ2) is 6.50. The first kappa shape index (κ1) is 15.1. The van der Waals surface area contributed by atoms with Crippen LogP contribution in [-0.2, 0) is 9.59 Å². The first-order valence-corrected chi connectivity index (χ1v) is 8.17. The van der Waals surface area contributed by atoms with Crippen molar-refractivity contribution in [2.45, 2.75) is 38.6 Å². The van der Waals surface area contributed by atoms with E-state index in [1.807, 2.05) is 22.3 Å². The van der Waals surface area contributed by atoms with E-state index >= 15 is 0 Å². The highest BCUT2D eigenvalue weighted by Gasteiger charge is 2.32. The van der Waals surface area contributed by atoms with Crippen LogP contribution in [0, 0.1) is 5.92 Å². The van der Waals surface area contributed by atoms with Crippen molar-refractivity contribution >= 4 is 11.8 Å². The Balaban J connectivity index is 1.63. The van der Waals surface area contributed by atoms with Crippen LogP contribution < -0.4 is 0 Å². The number of nitrogens with zero attached hydrogens (tertiary/aromatic N) is 4. The molecule has 6 nitrogen and oxygen atoms in total. The third kappa shape index (κ3) is 3.15. The number of carbonyl (C=O) groups is 2. The summed E-state index contributed by atoms with van der Waals surface area (Å²) in [7, 11) is 0. The van der Waals surface area contributed by atoms with Crippen LogP contribution in [0.5, 0.6) is 0 Å². The molecule has 1 aromatic heterocycles. The van der Waals surface area contributed by atoms with Gasteiger partial charge in [-0.15, -0.1) is 0 Å². The fourth-order valence-corrected chi connectivity index (χ4v) is 3.61. The van der Waals surface area contributed by atoms with Crippen molar-refractivity contribution < 1.29 is 9.59 Å². The Morgan fingerprint density at radius 3 is 2.59 bits per heavy atom. The average Bonchev–Trinajstić information content (AvgIpc) is 3.09. The molecule has 0 aromatic carbocycles. The molecule has 0 aliphatic carbocycles. The molecule has 3 rings (SSSR count). The fourth-order valence-electron chi connectivity index (χ4n) is 3.61. The van der Waals surface area contributed by atoms with Gasteiger partial charge in [0.1, 0.15) is 0 Å². The van der Waals surface area contributed by atoms with Crippen LogP contribution in [0.1, 0.15) is 38.6 Å². The molecule has 1 aromatic rings. The number of aromatic nitrogens is 2. The van der Waals surface area contributed by atoms with Gasteiger partial charge in [-0.1, -0.05) is 0 Å². The Morgan fingerprint density at radius 1 is 1.09 bits per heavy atom. The van der Waals surface area contributed by atoms with Crippen molar-refractivity contribution in [3.63, 3.8) is 0 Å². The van der Waals surface area contributed by atoms with Gasteiger partial charge >= 0.3 is 0 Å². The molecular weight excluding hydrogens is 280 g/mol. The summed E-state index contributed by atoms with van der Waals surface area (Å²) in [6.07, 6.45) is 9.52. The van der Waals surface area contributed by atoms with Crippen molar-refractivity contribution in [2.75, 3.05) is 26.2 Å². The molecule has 2 saturated heterocycles. The van der Waals surface area contributed by atoms with Crippen LogP contribution in [-0.4, -0.2) is 57.3 Å². The molecular formula is C16H24N4O2. The van der Waals surface area contributed by atoms with Gasteiger partial charge in [0.2, 0.25) is 11.8 Å². The lowest BCUT2D eigenvalue weighted by Gasteiger charge is -2.38. The van der Waals surface area contributed by atoms with E-state index in [-0.39, 0.29) is 17.7 Å². The molecule has 6 heteroatoms. The van der Waals surface area contributed by atoms with Crippen LogP contribution in [0.3, 0.4) is 0 Å². The Kier molecular flexibility index (Phi) is 4.45. The highest BCUT2D eigenvalue weighted by Crippen LogP contribution is 2.25. The second-order valence-corrected chi connectivity index (χ2v) is 6.39. The summed E-state index contributed by atoms with van der Waals surface area (Å²) in [5.74, 6) is 0.266. The maximum atomic E-state index is 12.8. The molecule has 2 atom stereocenters. The van der Waals surface area contributed by atoms with Crippen molar-refractivity contribution in [1.29, 1.82) is 0 Å². The third-order valence-corrected chi connectivity index (χ3v) is 4.87. The van der Waals surface area contributed by atoms with Gasteiger partial charge in [0.25, 0.3) is 0 Å². The number of amides is 2. The Morgan fingerprint density at radius 2 is 1.86 bits per heavy atom. The highest BCUT2D eigenvalue weighted by atomic mass is 16.2. The van der Waals surface area contributed by atoms with Crippen molar-refractivity contribution in [1.82, 2.24) is 19.4 Å². The van der Waals surface area contributed by atoms with Crippen molar-refractivity contribution in [3.05, 3.63) is 18.7 Å². The largest absolute Gasteiger partial charge is 0.342 e. The molecule has 22 heavy (non-hydrogen) atoms. The molecule has 0 spiro atoms. The summed E-state index contributed by atoms with van der Waals surface area (Å²) in [4.78, 5) is 32.2. The van der Waals surface area contributed by atoms with Gasteiger partial charge in [-0.05, 0) is 25.7 Å². The highest BCUT2D eigenvalue weighted by molar-refractivity contribution is 5.81. The van der Waals surface area contributed by atoms with E-state index in [9.17, 15) is 9.59 Å². The zero-order valence-corrected chi connectivity index (χ0v) is 13.1. The van der Waals surface area contributed by atoms with E-state index in [1.165, 1.54) is 0 Å². The summed E-state index contributed by atoms with van der Waals surface area (Å²) in [6, 6.07) is 0.327. The van der Waals surface area contributed by atoms with Crippen LogP contribution in [0.4, 0.5) is 0 Å². The Hall–Kier alpha value is -1.85. The van der Waals surface area contributed by atoms with Crippen LogP contribution in [0.25, 0.3) is 0 Å². The third-order valence-electron chi connectivity index (χ3n) is 4.87. The summed E-state index contributed by atoms with van der Waals surface area (Å²) < 4.78 is 2.10. The Bertz CT molecular complexity index is 528. The summed E-state index contributed by atoms with van der Waals surface area (Å²) >= 11 is 0. The molecule has 0 radical (unpaired) electrons. The standard InChI is InChI=1S/C16H24N4O2/c1-13(21)18-7-2-4-14(10-18)16(22)19-8-3-5-15(11-19)20-9-6-17-12-20/h6,9,12,14-15H,2-5,7-8,10-11H2,1H3/t14-,15+/m1/s1. The van der Waals surface area contributed by atoms with E-state index in [4.69, 9.17) is 0 Å². The normalized spacial score (nSPS) is 26.0. The number of likely N-dealkylation sites (tertiary alicyclic amines) is 2. The maximum Gasteiger partial charge on any atom is 0.227 e. The zero-order chi connectivity index (χ0) is 15.5. The van der Waals surface area contributed by atoms with Crippen molar-refractivity contribution in [2.24, 2.45) is 5.92 Å². The monoisotopic (exact) mass is 304 g/mol. The molecule has 120 valence electrons. The lowest BCUT2D eigenvalue weighted by molar-refractivity contribution is -0.141. The molecule has 2 aliphatic heterocycles. The fraction of sp³-hybridized carbons (Fsp3) is 0.688. The van der Waals surface area contributed by atoms with Gasteiger partial charge in [0.15, 0.2) is 0 Å². The van der Waals surface area contributed by atoms with Crippen LogP contribution in [0.2, 0.25) is 0 Å². The molecule has 0 saturated carbocycles. The SMILES string of the molecule is CC(=O)N1CCC[C@@H](C(=O)N2CCC[C@H](n3ccnc3)C2)C1. The van der Waals surface area contributed by atoms with Gasteiger partial charge in [-0.3, -0.25) is 9.59 Å². The first-order valence-electron chi connectivity index (χ1n) is 8.17. The predicted octanol–water partition coefficient (Wildman–Crippen LogP) is 1.31. The summed E-state index contributed by atoms with van der Waals surface area (Å²) in [6.45, 7) is 4.55. The van der Waals surface area contributed by atoms with Gasteiger partial charge in [0, 0.05) is 45.5 Å². The van der Waals surface area contributed by atoms with Crippen molar-refractivity contribution in [3.8, 4) is 0 Å². The Labute approximate surface area is 131 Å². The number of imidazole rings is 1. The molecule has 0 bridgehead atoms. The lowest BCUT2D eigenvalue weighted by Crippen LogP contribution is -2.48. The maximum absolute atomic E-state index is 12.8. The minimum absolute atomic E-state index is 0.0285. The number of carbonyl (C=O) groups excluding carboxylic acids is 2. The van der Waals surface area contributed by atoms with E-state index in [0.29, 0.717) is 12.6 Å². The molecule has 2 fully saturated rings. The summed E-state index contributed by atoms with van der Waals surface area (Å²) in [5, 5.41) is 0. The first-order chi connectivity index (χ1) is 10.6. The van der Waals surface area contributed by atoms with Crippen LogP contribution >= 0.6 is 0 Å². The topological polar surface area (TPSA) is 58.4 Å². The predicted molar refractivity (Wildman–Crippen MR) is 82.1 cm³/mol. The molecule has 2 aliphatic rings. The van der Waals surface area contributed by atoms with E-state index in [2.05, 4.69) is 9.55 Å². The quantitative estimate of drug-likeness (QED) is 0.827. The van der Waals surface area contributed by atoms with Gasteiger partial charge in [-0.25, -0.2) is 4.98 Å². The van der Waals surface area contributed by atoms with E-state index < -0.39 is 0 Å². The molecule has 3 heterocycles. The van der Waals surface area contributed by atoms with Gasteiger partial charge in [0.05, 0.1) is 18.3 Å². The van der Waals surface area contributed by atoms with E-state index in [1.54, 1.807) is 13.1 Å². The molecule has 2 amide bonds. The molecule has 0 N–H and O–H groups in total. The summed E-state index contributed by atoms with van der Waals surface area (Å²) in [5.41, 5.74) is 0. The van der Waals surface area contributed by atoms with Gasteiger partial charge < -0.3 is 14.4 Å². The zero-order valence-electron chi connectivity index (χ0n) is 13.1. The van der Waals surface area contributed by atoms with Gasteiger partial charge in [-0.2, -0.15) is 0 Å². The van der Waals surface area contributed by atoms with Crippen LogP contribution in [0.15, 0.2) is 18.7 Å². The number of hydrogen-bond acceptors (Lipinski definition) is 3. The second-order valence-electron chi connectivity index (χ2n) is 6.39. The average molecular weight is 304 g/mol. The smallest absolute Gasteiger partial charge is 0.227 e. The number of piperidine rings is 2. The lowest BCUT2D eigenvalue weighted by atomic mass is 9.95. The minimum Gasteiger partial charge on any atom is -0.342 e. The number of rotatable bonds is 2.